The van der Waals surface area contributed by atoms with E-state index in [9.17, 15) is 9.59 Å². The number of nitrogens with zero attached hydrogens (tertiary/aromatic N) is 3. The van der Waals surface area contributed by atoms with Crippen molar-refractivity contribution in [3.63, 3.8) is 0 Å². The third-order valence-electron chi connectivity index (χ3n) is 6.18. The number of piperidine rings is 1. The zero-order chi connectivity index (χ0) is 24.8. The van der Waals surface area contributed by atoms with Gasteiger partial charge < -0.3 is 19.3 Å². The zero-order valence-corrected chi connectivity index (χ0v) is 21.2. The molecule has 0 spiro atoms. The van der Waals surface area contributed by atoms with Crippen LogP contribution >= 0.6 is 11.3 Å². The van der Waals surface area contributed by atoms with Crippen LogP contribution in [0.3, 0.4) is 0 Å². The molecule has 1 aromatic heterocycles. The number of ether oxygens (including phenoxy) is 2. The molecule has 0 aliphatic carbocycles. The van der Waals surface area contributed by atoms with Gasteiger partial charge in [0.25, 0.3) is 0 Å². The molecule has 1 fully saturated rings. The summed E-state index contributed by atoms with van der Waals surface area (Å²) >= 11 is 1.51. The average Bonchev–Trinajstić information content (AvgIpc) is 3.37. The molecule has 35 heavy (non-hydrogen) atoms. The Morgan fingerprint density at radius 1 is 1.14 bits per heavy atom. The monoisotopic (exact) mass is 493 g/mol. The Kier molecular flexibility index (Phi) is 8.02. The molecule has 1 aliphatic rings. The van der Waals surface area contributed by atoms with Gasteiger partial charge in [0, 0.05) is 29.7 Å². The van der Waals surface area contributed by atoms with E-state index < -0.39 is 0 Å². The predicted octanol–water partition coefficient (Wildman–Crippen LogP) is 5.07. The maximum absolute atomic E-state index is 13.3. The summed E-state index contributed by atoms with van der Waals surface area (Å²) in [4.78, 5) is 34.1. The Balaban J connectivity index is 1.52. The Labute approximate surface area is 210 Å². The number of amides is 1. The van der Waals surface area contributed by atoms with E-state index in [-0.39, 0.29) is 24.3 Å². The lowest BCUT2D eigenvalue weighted by atomic mass is 9.97. The maximum atomic E-state index is 13.3. The Morgan fingerprint density at radius 2 is 1.89 bits per heavy atom. The number of methoxy groups -OCH3 is 1. The summed E-state index contributed by atoms with van der Waals surface area (Å²) in [6.45, 7) is 5.53. The van der Waals surface area contributed by atoms with Crippen molar-refractivity contribution in [1.29, 1.82) is 0 Å². The fourth-order valence-corrected chi connectivity index (χ4v) is 5.06. The number of aromatic nitrogens is 1. The standard InChI is InChI=1S/C27H31N3O4S/c1-4-34-26(32)21-12-14-29(15-13-21)25(31)17-30(22-7-5-6-19(2)16-22)27-28-24(18-35-27)20-8-10-23(33-3)11-9-20/h5-11,16,18,21H,4,12-15,17H2,1-3H3. The SMILES string of the molecule is CCOC(=O)C1CCN(C(=O)CN(c2cccc(C)c2)c2nc(-c3ccc(OC)cc3)cs2)CC1. The minimum absolute atomic E-state index is 0.0232. The molecule has 3 aromatic rings. The van der Waals surface area contributed by atoms with Crippen LogP contribution in [0.4, 0.5) is 10.8 Å². The second-order valence-electron chi connectivity index (χ2n) is 8.58. The van der Waals surface area contributed by atoms with Crippen molar-refractivity contribution in [3.8, 4) is 17.0 Å². The van der Waals surface area contributed by atoms with Crippen molar-refractivity contribution < 1.29 is 19.1 Å². The van der Waals surface area contributed by atoms with E-state index in [2.05, 4.69) is 6.07 Å². The number of benzene rings is 2. The third kappa shape index (κ3) is 6.00. The highest BCUT2D eigenvalue weighted by Crippen LogP contribution is 2.33. The summed E-state index contributed by atoms with van der Waals surface area (Å²) in [5.74, 6) is 0.533. The highest BCUT2D eigenvalue weighted by atomic mass is 32.1. The molecule has 184 valence electrons. The molecule has 0 bridgehead atoms. The van der Waals surface area contributed by atoms with Gasteiger partial charge in [-0.1, -0.05) is 12.1 Å². The van der Waals surface area contributed by atoms with Crippen LogP contribution in [0.2, 0.25) is 0 Å². The van der Waals surface area contributed by atoms with Crippen LogP contribution < -0.4 is 9.64 Å². The molecule has 7 nitrogen and oxygen atoms in total. The lowest BCUT2D eigenvalue weighted by molar-refractivity contribution is -0.151. The predicted molar refractivity (Wildman–Crippen MR) is 138 cm³/mol. The summed E-state index contributed by atoms with van der Waals surface area (Å²) in [7, 11) is 1.64. The molecule has 2 heterocycles. The number of esters is 1. The topological polar surface area (TPSA) is 72.0 Å². The molecule has 2 aromatic carbocycles. The smallest absolute Gasteiger partial charge is 0.309 e. The van der Waals surface area contributed by atoms with E-state index in [4.69, 9.17) is 14.5 Å². The Morgan fingerprint density at radius 3 is 2.54 bits per heavy atom. The van der Waals surface area contributed by atoms with Crippen molar-refractivity contribution in [2.45, 2.75) is 26.7 Å². The normalized spacial score (nSPS) is 14.0. The van der Waals surface area contributed by atoms with E-state index in [0.717, 1.165) is 33.4 Å². The van der Waals surface area contributed by atoms with Crippen molar-refractivity contribution >= 4 is 34.0 Å². The molecule has 4 rings (SSSR count). The minimum atomic E-state index is -0.158. The van der Waals surface area contributed by atoms with Crippen molar-refractivity contribution in [2.75, 3.05) is 38.3 Å². The summed E-state index contributed by atoms with van der Waals surface area (Å²) in [5, 5.41) is 2.77. The molecule has 8 heteroatoms. The molecule has 1 aliphatic heterocycles. The first-order chi connectivity index (χ1) is 17.0. The molecular weight excluding hydrogens is 462 g/mol. The van der Waals surface area contributed by atoms with Gasteiger partial charge in [-0.15, -0.1) is 11.3 Å². The van der Waals surface area contributed by atoms with E-state index in [1.165, 1.54) is 11.3 Å². The van der Waals surface area contributed by atoms with Gasteiger partial charge in [-0.05, 0) is 68.7 Å². The highest BCUT2D eigenvalue weighted by molar-refractivity contribution is 7.14. The number of anilines is 2. The summed E-state index contributed by atoms with van der Waals surface area (Å²) in [6.07, 6.45) is 1.27. The van der Waals surface area contributed by atoms with E-state index in [1.54, 1.807) is 7.11 Å². The van der Waals surface area contributed by atoms with Crippen LogP contribution in [0.25, 0.3) is 11.3 Å². The van der Waals surface area contributed by atoms with Crippen LogP contribution in [-0.4, -0.2) is 55.1 Å². The number of thiazole rings is 1. The van der Waals surface area contributed by atoms with Gasteiger partial charge in [0.15, 0.2) is 5.13 Å². The lowest BCUT2D eigenvalue weighted by Crippen LogP contribution is -2.44. The third-order valence-corrected chi connectivity index (χ3v) is 7.05. The molecule has 1 saturated heterocycles. The van der Waals surface area contributed by atoms with Crippen molar-refractivity contribution in [2.24, 2.45) is 5.92 Å². The van der Waals surface area contributed by atoms with E-state index in [1.807, 2.05) is 71.5 Å². The molecule has 0 unspecified atom stereocenters. The number of likely N-dealkylation sites (tertiary alicyclic amines) is 1. The number of hydrogen-bond acceptors (Lipinski definition) is 7. The van der Waals surface area contributed by atoms with Crippen molar-refractivity contribution in [1.82, 2.24) is 9.88 Å². The van der Waals surface area contributed by atoms with Gasteiger partial charge in [-0.3, -0.25) is 9.59 Å². The number of aryl methyl sites for hydroxylation is 1. The average molecular weight is 494 g/mol. The van der Waals surface area contributed by atoms with Gasteiger partial charge in [0.05, 0.1) is 25.3 Å². The first-order valence-corrected chi connectivity index (χ1v) is 12.7. The maximum Gasteiger partial charge on any atom is 0.309 e. The number of hydrogen-bond donors (Lipinski definition) is 0. The van der Waals surface area contributed by atoms with Crippen molar-refractivity contribution in [3.05, 3.63) is 59.5 Å². The van der Waals surface area contributed by atoms with Gasteiger partial charge in [0.1, 0.15) is 12.3 Å². The fraction of sp³-hybridized carbons (Fsp3) is 0.370. The quantitative estimate of drug-likeness (QED) is 0.408. The van der Waals surface area contributed by atoms with Gasteiger partial charge in [-0.25, -0.2) is 4.98 Å². The number of rotatable bonds is 8. The molecule has 0 saturated carbocycles. The Bertz CT molecular complexity index is 1150. The second kappa shape index (κ2) is 11.4. The molecule has 1 amide bonds. The summed E-state index contributed by atoms with van der Waals surface area (Å²) < 4.78 is 10.4. The fourth-order valence-electron chi connectivity index (χ4n) is 4.21. The van der Waals surface area contributed by atoms with Crippen LogP contribution in [-0.2, 0) is 14.3 Å². The summed E-state index contributed by atoms with van der Waals surface area (Å²) in [6, 6.07) is 15.9. The van der Waals surface area contributed by atoms with E-state index in [0.29, 0.717) is 32.5 Å². The van der Waals surface area contributed by atoms with Crippen LogP contribution in [0.15, 0.2) is 53.9 Å². The van der Waals surface area contributed by atoms with Crippen LogP contribution in [0, 0.1) is 12.8 Å². The second-order valence-corrected chi connectivity index (χ2v) is 9.41. The molecule has 0 atom stereocenters. The van der Waals surface area contributed by atoms with Crippen LogP contribution in [0.1, 0.15) is 25.3 Å². The minimum Gasteiger partial charge on any atom is -0.497 e. The Hall–Kier alpha value is -3.39. The number of carbonyl (C=O) groups is 2. The van der Waals surface area contributed by atoms with E-state index >= 15 is 0 Å². The van der Waals surface area contributed by atoms with Gasteiger partial charge in [0.2, 0.25) is 5.91 Å². The molecular formula is C27H31N3O4S. The lowest BCUT2D eigenvalue weighted by Gasteiger charge is -2.32. The zero-order valence-electron chi connectivity index (χ0n) is 20.4. The first kappa shape index (κ1) is 24.7. The van der Waals surface area contributed by atoms with Gasteiger partial charge >= 0.3 is 5.97 Å². The largest absolute Gasteiger partial charge is 0.497 e. The highest BCUT2D eigenvalue weighted by Gasteiger charge is 2.29. The summed E-state index contributed by atoms with van der Waals surface area (Å²) in [5.41, 5.74) is 3.88. The molecule has 0 N–H and O–H groups in total. The number of carbonyl (C=O) groups excluding carboxylic acids is 2. The first-order valence-electron chi connectivity index (χ1n) is 11.9. The van der Waals surface area contributed by atoms with Crippen LogP contribution in [0.5, 0.6) is 5.75 Å². The van der Waals surface area contributed by atoms with Gasteiger partial charge in [-0.2, -0.15) is 0 Å². The molecule has 0 radical (unpaired) electrons.